The number of β-amino-alcohol motifs (C(OH)–C–C–N with tert-alkyl or cyclic N) is 1. The molecular formula is C7H17BN2O2. The Hall–Kier alpha value is -0.0951. The van der Waals surface area contributed by atoms with Crippen LogP contribution in [0.3, 0.4) is 0 Å². The lowest BCUT2D eigenvalue weighted by atomic mass is 9.59. The smallest absolute Gasteiger partial charge is 0.297 e. The van der Waals surface area contributed by atoms with Crippen molar-refractivity contribution in [3.05, 3.63) is 0 Å². The van der Waals surface area contributed by atoms with Crippen LogP contribution in [0.2, 0.25) is 12.6 Å². The molecule has 1 heterocycles. The van der Waals surface area contributed by atoms with Gasteiger partial charge < -0.3 is 20.4 Å². The van der Waals surface area contributed by atoms with Crippen LogP contribution >= 0.6 is 0 Å². The lowest BCUT2D eigenvalue weighted by Crippen LogP contribution is -2.40. The molecule has 0 amide bonds. The van der Waals surface area contributed by atoms with Crippen LogP contribution in [-0.4, -0.2) is 49.9 Å². The van der Waals surface area contributed by atoms with Crippen molar-refractivity contribution in [2.24, 2.45) is 5.73 Å². The summed E-state index contributed by atoms with van der Waals surface area (Å²) in [7, 11) is 0. The average Bonchev–Trinajstić information content (AvgIpc) is 2.09. The number of hydrogen-bond acceptors (Lipinski definition) is 4. The summed E-state index contributed by atoms with van der Waals surface area (Å²) in [6.45, 7) is 3.74. The third-order valence-corrected chi connectivity index (χ3v) is 2.28. The molecule has 3 N–H and O–H groups in total. The Bertz CT molecular complexity index is 104. The second-order valence-electron chi connectivity index (χ2n) is 3.10. The number of aliphatic hydroxyl groups is 1. The Morgan fingerprint density at radius 2 is 2.08 bits per heavy atom. The molecule has 1 saturated heterocycles. The van der Waals surface area contributed by atoms with E-state index in [1.807, 2.05) is 0 Å². The van der Waals surface area contributed by atoms with E-state index in [1.165, 1.54) is 0 Å². The van der Waals surface area contributed by atoms with Gasteiger partial charge in [0.15, 0.2) is 0 Å². The van der Waals surface area contributed by atoms with Gasteiger partial charge in [0.25, 0.3) is 6.92 Å². The molecule has 0 atom stereocenters. The summed E-state index contributed by atoms with van der Waals surface area (Å²) in [5, 5.41) is 8.69. The van der Waals surface area contributed by atoms with E-state index < -0.39 is 0 Å². The van der Waals surface area contributed by atoms with E-state index in [4.69, 9.17) is 15.5 Å². The van der Waals surface area contributed by atoms with Crippen LogP contribution in [0.15, 0.2) is 0 Å². The highest BCUT2D eigenvalue weighted by atomic mass is 16.4. The molecule has 0 aromatic rings. The number of nitrogens with two attached hydrogens (primary N) is 1. The Balaban J connectivity index is 2.11. The highest BCUT2D eigenvalue weighted by Crippen LogP contribution is 2.10. The quantitative estimate of drug-likeness (QED) is 0.431. The van der Waals surface area contributed by atoms with Gasteiger partial charge in [-0.25, -0.2) is 0 Å². The van der Waals surface area contributed by atoms with E-state index in [-0.39, 0.29) is 6.61 Å². The molecule has 0 saturated carbocycles. The van der Waals surface area contributed by atoms with Gasteiger partial charge in [-0.05, 0) is 25.7 Å². The first kappa shape index (κ1) is 9.99. The van der Waals surface area contributed by atoms with E-state index in [2.05, 4.69) is 4.90 Å². The van der Waals surface area contributed by atoms with Crippen molar-refractivity contribution in [3.8, 4) is 0 Å². The van der Waals surface area contributed by atoms with Crippen molar-refractivity contribution in [2.45, 2.75) is 12.6 Å². The van der Waals surface area contributed by atoms with Crippen LogP contribution in [-0.2, 0) is 4.65 Å². The second kappa shape index (κ2) is 5.53. The van der Waals surface area contributed by atoms with Crippen molar-refractivity contribution in [1.29, 1.82) is 0 Å². The predicted molar refractivity (Wildman–Crippen MR) is 49.0 cm³/mol. The molecule has 0 radical (unpaired) electrons. The van der Waals surface area contributed by atoms with Gasteiger partial charge in [-0.3, -0.25) is 0 Å². The second-order valence-corrected chi connectivity index (χ2v) is 3.10. The van der Waals surface area contributed by atoms with Crippen LogP contribution in [0.25, 0.3) is 0 Å². The fourth-order valence-corrected chi connectivity index (χ4v) is 1.58. The minimum atomic E-state index is 0.252. The molecule has 0 aliphatic carbocycles. The van der Waals surface area contributed by atoms with Gasteiger partial charge in [-0.15, -0.1) is 0 Å². The van der Waals surface area contributed by atoms with Crippen LogP contribution in [0, 0.1) is 0 Å². The third kappa shape index (κ3) is 3.10. The molecule has 12 heavy (non-hydrogen) atoms. The largest absolute Gasteiger partial charge is 0.424 e. The summed E-state index contributed by atoms with van der Waals surface area (Å²) < 4.78 is 5.30. The maximum absolute atomic E-state index is 8.69. The SMILES string of the molecule is NCOB1CCN(CCO)CC1. The van der Waals surface area contributed by atoms with E-state index in [0.717, 1.165) is 32.3 Å². The van der Waals surface area contributed by atoms with Gasteiger partial charge in [-0.1, -0.05) is 0 Å². The molecule has 0 spiro atoms. The molecule has 1 aliphatic heterocycles. The van der Waals surface area contributed by atoms with Crippen LogP contribution < -0.4 is 5.73 Å². The fraction of sp³-hybridized carbons (Fsp3) is 1.00. The highest BCUT2D eigenvalue weighted by Gasteiger charge is 2.22. The molecule has 70 valence electrons. The van der Waals surface area contributed by atoms with Gasteiger partial charge in [-0.2, -0.15) is 0 Å². The van der Waals surface area contributed by atoms with Crippen molar-refractivity contribution in [1.82, 2.24) is 4.90 Å². The number of hydrogen-bond donors (Lipinski definition) is 2. The van der Waals surface area contributed by atoms with E-state index in [0.29, 0.717) is 13.6 Å². The fourth-order valence-electron chi connectivity index (χ4n) is 1.58. The van der Waals surface area contributed by atoms with Gasteiger partial charge in [0, 0.05) is 6.54 Å². The predicted octanol–water partition coefficient (Wildman–Crippen LogP) is -0.781. The molecule has 1 fully saturated rings. The molecule has 1 aliphatic rings. The summed E-state index contributed by atoms with van der Waals surface area (Å²) in [6, 6.07) is 0. The van der Waals surface area contributed by atoms with Crippen molar-refractivity contribution < 1.29 is 9.76 Å². The Labute approximate surface area is 73.8 Å². The molecule has 1 rings (SSSR count). The summed E-state index contributed by atoms with van der Waals surface area (Å²) in [4.78, 5) is 2.25. The summed E-state index contributed by atoms with van der Waals surface area (Å²) in [5.41, 5.74) is 5.28. The topological polar surface area (TPSA) is 58.7 Å². The summed E-state index contributed by atoms with van der Waals surface area (Å²) in [6.07, 6.45) is 2.08. The Kier molecular flexibility index (Phi) is 4.61. The zero-order valence-electron chi connectivity index (χ0n) is 7.41. The normalized spacial score (nSPS) is 20.0. The van der Waals surface area contributed by atoms with Crippen molar-refractivity contribution in [2.75, 3.05) is 33.0 Å². The van der Waals surface area contributed by atoms with E-state index >= 15 is 0 Å². The Morgan fingerprint density at radius 3 is 2.58 bits per heavy atom. The van der Waals surface area contributed by atoms with Gasteiger partial charge >= 0.3 is 0 Å². The highest BCUT2D eigenvalue weighted by molar-refractivity contribution is 6.52. The zero-order valence-corrected chi connectivity index (χ0v) is 7.41. The molecule has 5 heteroatoms. The van der Waals surface area contributed by atoms with Gasteiger partial charge in [0.2, 0.25) is 0 Å². The van der Waals surface area contributed by atoms with Crippen molar-refractivity contribution in [3.63, 3.8) is 0 Å². The lowest BCUT2D eigenvalue weighted by Gasteiger charge is -2.28. The molecule has 4 nitrogen and oxygen atoms in total. The number of nitrogens with zero attached hydrogens (tertiary/aromatic N) is 1. The summed E-state index contributed by atoms with van der Waals surface area (Å²) in [5.74, 6) is 0. The molecule has 0 aromatic carbocycles. The molecular weight excluding hydrogens is 155 g/mol. The monoisotopic (exact) mass is 172 g/mol. The average molecular weight is 172 g/mol. The summed E-state index contributed by atoms with van der Waals surface area (Å²) >= 11 is 0. The number of rotatable bonds is 4. The maximum Gasteiger partial charge on any atom is 0.297 e. The molecule has 0 unspecified atom stereocenters. The Morgan fingerprint density at radius 1 is 1.42 bits per heavy atom. The standard InChI is InChI=1S/C7H17BN2O2/c9-7-12-8-1-3-10(4-2-8)5-6-11/h11H,1-7,9H2. The minimum absolute atomic E-state index is 0.252. The minimum Gasteiger partial charge on any atom is -0.424 e. The van der Waals surface area contributed by atoms with Crippen molar-refractivity contribution >= 4 is 6.92 Å². The first-order chi connectivity index (χ1) is 5.86. The van der Waals surface area contributed by atoms with E-state index in [9.17, 15) is 0 Å². The van der Waals surface area contributed by atoms with Crippen LogP contribution in [0.4, 0.5) is 0 Å². The van der Waals surface area contributed by atoms with Crippen LogP contribution in [0.1, 0.15) is 0 Å². The first-order valence-corrected chi connectivity index (χ1v) is 4.51. The van der Waals surface area contributed by atoms with E-state index in [1.54, 1.807) is 0 Å². The maximum atomic E-state index is 8.69. The van der Waals surface area contributed by atoms with Gasteiger partial charge in [0.1, 0.15) is 0 Å². The van der Waals surface area contributed by atoms with Crippen LogP contribution in [0.5, 0.6) is 0 Å². The third-order valence-electron chi connectivity index (χ3n) is 2.28. The lowest BCUT2D eigenvalue weighted by molar-refractivity contribution is 0.195. The molecule has 0 aromatic heterocycles. The van der Waals surface area contributed by atoms with Gasteiger partial charge in [0.05, 0.1) is 13.3 Å². The number of aliphatic hydroxyl groups excluding tert-OH is 1. The first-order valence-electron chi connectivity index (χ1n) is 4.51. The molecule has 0 bridgehead atoms. The zero-order chi connectivity index (χ0) is 8.81.